The second-order valence-electron chi connectivity index (χ2n) is 14.5. The van der Waals surface area contributed by atoms with Gasteiger partial charge in [0.1, 0.15) is 35.9 Å². The van der Waals surface area contributed by atoms with Gasteiger partial charge in [0.05, 0.1) is 0 Å². The highest BCUT2D eigenvalue weighted by atomic mass is 19.1. The number of pyridine rings is 2. The van der Waals surface area contributed by atoms with Gasteiger partial charge < -0.3 is 30.4 Å². The van der Waals surface area contributed by atoms with Crippen LogP contribution in [0.4, 0.5) is 8.78 Å². The van der Waals surface area contributed by atoms with Crippen LogP contribution in [0.25, 0.3) is 22.3 Å². The van der Waals surface area contributed by atoms with Crippen LogP contribution in [-0.4, -0.2) is 95.2 Å². The van der Waals surface area contributed by atoms with Crippen molar-refractivity contribution >= 4 is 23.7 Å². The number of carbonyl (C=O) groups excluding carboxylic acids is 2. The number of hydrogen-bond acceptors (Lipinski definition) is 12. The number of guanidine groups is 2. The number of nitrogens with zero attached hydrogens (tertiary/aromatic N) is 6. The number of carbonyl (C=O) groups is 2. The van der Waals surface area contributed by atoms with Crippen LogP contribution in [0.3, 0.4) is 0 Å². The molecular weight excluding hydrogens is 726 g/mol. The predicted molar refractivity (Wildman–Crippen MR) is 198 cm³/mol. The largest absolute Gasteiger partial charge is 0.487 e. The highest BCUT2D eigenvalue weighted by molar-refractivity contribution is 6.09. The van der Waals surface area contributed by atoms with Crippen molar-refractivity contribution in [2.45, 2.75) is 61.2 Å². The lowest BCUT2D eigenvalue weighted by Gasteiger charge is -2.45. The fraction of sp³-hybridized carbons (Fsp3) is 0.350. The topological polar surface area (TPSA) is 180 Å². The summed E-state index contributed by atoms with van der Waals surface area (Å²) < 4.78 is 52.8. The molecular formula is C40H38F2N8O6. The van der Waals surface area contributed by atoms with Gasteiger partial charge in [-0.2, -0.15) is 8.78 Å². The number of amides is 2. The van der Waals surface area contributed by atoms with E-state index in [4.69, 9.17) is 30.4 Å². The van der Waals surface area contributed by atoms with Crippen LogP contribution >= 0.6 is 0 Å². The van der Waals surface area contributed by atoms with Crippen LogP contribution in [0.2, 0.25) is 0 Å². The maximum atomic E-state index is 14.3. The summed E-state index contributed by atoms with van der Waals surface area (Å²) in [6.45, 7) is 1.04. The van der Waals surface area contributed by atoms with Crippen LogP contribution < -0.4 is 20.9 Å². The Labute approximate surface area is 320 Å². The maximum Gasteiger partial charge on any atom is 0.264 e. The quantitative estimate of drug-likeness (QED) is 0.287. The van der Waals surface area contributed by atoms with E-state index in [2.05, 4.69) is 20.0 Å². The van der Waals surface area contributed by atoms with Crippen molar-refractivity contribution in [1.82, 2.24) is 19.8 Å². The molecule has 0 aliphatic carbocycles. The van der Waals surface area contributed by atoms with Gasteiger partial charge in [-0.05, 0) is 85.3 Å². The zero-order valence-corrected chi connectivity index (χ0v) is 30.5. The van der Waals surface area contributed by atoms with Crippen molar-refractivity contribution in [2.75, 3.05) is 27.3 Å². The average Bonchev–Trinajstić information content (AvgIpc) is 3.58. The van der Waals surface area contributed by atoms with E-state index in [1.807, 2.05) is 0 Å². The van der Waals surface area contributed by atoms with Gasteiger partial charge in [-0.25, -0.2) is 20.0 Å². The second-order valence-corrected chi connectivity index (χ2v) is 14.5. The molecule has 56 heavy (non-hydrogen) atoms. The summed E-state index contributed by atoms with van der Waals surface area (Å²) in [5.74, 6) is -0.367. The van der Waals surface area contributed by atoms with Crippen molar-refractivity contribution in [1.29, 1.82) is 0 Å². The molecule has 4 aromatic rings. The first-order valence-electron chi connectivity index (χ1n) is 18.4. The molecule has 6 aliphatic rings. The average molecular weight is 765 g/mol. The molecule has 6 atom stereocenters. The van der Waals surface area contributed by atoms with Gasteiger partial charge in [0, 0.05) is 62.0 Å². The van der Waals surface area contributed by atoms with Gasteiger partial charge in [0.25, 0.3) is 11.8 Å². The molecule has 2 aromatic carbocycles. The van der Waals surface area contributed by atoms with Crippen molar-refractivity contribution < 1.29 is 37.3 Å². The molecule has 2 unspecified atom stereocenters. The van der Waals surface area contributed by atoms with Gasteiger partial charge >= 0.3 is 0 Å². The Kier molecular flexibility index (Phi) is 8.50. The highest BCUT2D eigenvalue weighted by Crippen LogP contribution is 2.51. The summed E-state index contributed by atoms with van der Waals surface area (Å²) in [6.07, 6.45) is 4.23. The first kappa shape index (κ1) is 35.7. The Balaban J connectivity index is 0.000000146. The predicted octanol–water partition coefficient (Wildman–Crippen LogP) is 3.62. The van der Waals surface area contributed by atoms with Crippen LogP contribution in [0.5, 0.6) is 11.5 Å². The Morgan fingerprint density at radius 3 is 1.48 bits per heavy atom. The van der Waals surface area contributed by atoms with Crippen molar-refractivity contribution in [3.63, 3.8) is 0 Å². The molecule has 2 aromatic heterocycles. The molecule has 0 radical (unpaired) electrons. The Bertz CT molecular complexity index is 2180. The molecule has 288 valence electrons. The van der Waals surface area contributed by atoms with E-state index in [0.29, 0.717) is 58.1 Å². The minimum atomic E-state index is -1.33. The van der Waals surface area contributed by atoms with Crippen molar-refractivity contribution in [2.24, 2.45) is 21.5 Å². The van der Waals surface area contributed by atoms with E-state index in [9.17, 15) is 18.4 Å². The lowest BCUT2D eigenvalue weighted by atomic mass is 9.76. The number of ether oxygens (including phenoxy) is 4. The van der Waals surface area contributed by atoms with Gasteiger partial charge in [-0.1, -0.05) is 12.1 Å². The third-order valence-electron chi connectivity index (χ3n) is 11.4. The smallest absolute Gasteiger partial charge is 0.264 e. The molecule has 0 saturated carbocycles. The fourth-order valence-corrected chi connectivity index (χ4v) is 8.61. The lowest BCUT2D eigenvalue weighted by molar-refractivity contribution is -0.152. The zero-order chi connectivity index (χ0) is 38.9. The first-order valence-corrected chi connectivity index (χ1v) is 18.4. The van der Waals surface area contributed by atoms with E-state index in [1.54, 1.807) is 74.8 Å². The van der Waals surface area contributed by atoms with Gasteiger partial charge in [-0.15, -0.1) is 0 Å². The normalized spacial score (nSPS) is 28.6. The van der Waals surface area contributed by atoms with Crippen LogP contribution in [-0.2, 0) is 30.1 Å². The van der Waals surface area contributed by atoms with E-state index in [1.165, 1.54) is 22.2 Å². The van der Waals surface area contributed by atoms with Crippen LogP contribution in [0.1, 0.15) is 36.8 Å². The number of aromatic nitrogens is 2. The molecule has 16 heteroatoms. The Morgan fingerprint density at radius 2 is 1.11 bits per heavy atom. The zero-order valence-electron chi connectivity index (χ0n) is 30.5. The van der Waals surface area contributed by atoms with Gasteiger partial charge in [0.15, 0.2) is 11.9 Å². The van der Waals surface area contributed by atoms with E-state index < -0.39 is 35.2 Å². The van der Waals surface area contributed by atoms with Gasteiger partial charge in [0.2, 0.25) is 23.0 Å². The fourth-order valence-electron chi connectivity index (χ4n) is 8.61. The number of nitrogens with two attached hydrogens (primary N) is 2. The number of fused-ring (bicyclic) bond motifs is 8. The summed E-state index contributed by atoms with van der Waals surface area (Å²) in [4.78, 5) is 45.9. The minimum Gasteiger partial charge on any atom is -0.487 e. The molecule has 8 heterocycles. The monoisotopic (exact) mass is 764 g/mol. The summed E-state index contributed by atoms with van der Waals surface area (Å²) in [5.41, 5.74) is 12.3. The van der Waals surface area contributed by atoms with Crippen molar-refractivity contribution in [3.05, 3.63) is 96.1 Å². The molecule has 2 amide bonds. The number of aliphatic imine (C=N–C) groups is 2. The second kappa shape index (κ2) is 13.3. The molecule has 0 bridgehead atoms. The molecule has 2 spiro atoms. The molecule has 14 nitrogen and oxygen atoms in total. The summed E-state index contributed by atoms with van der Waals surface area (Å²) in [6, 6.07) is 17.1. The highest BCUT2D eigenvalue weighted by Gasteiger charge is 2.63. The standard InChI is InChI=1S/2C20H19FN4O3/c2*1-25-18(26)20(24-19(25)22)13-10-11(12-4-2-8-23-17(12)21)6-7-14(13)28-15-5-3-9-27-16(15)20/h2*2,4,6-8,10,15-16H,3,5,9H2,1H3,(H2,22,24)/t15?,16-,20+;15?,16-,20-/m11/s1. The first-order chi connectivity index (χ1) is 27.0. The number of likely N-dealkylation sites (N-methyl/N-ethyl adjacent to an activating group) is 2. The summed E-state index contributed by atoms with van der Waals surface area (Å²) in [5, 5.41) is 0. The Hall–Kier alpha value is -6.00. The lowest BCUT2D eigenvalue weighted by Crippen LogP contribution is -2.58. The van der Waals surface area contributed by atoms with E-state index in [0.717, 1.165) is 25.7 Å². The number of benzene rings is 2. The molecule has 2 fully saturated rings. The molecule has 10 rings (SSSR count). The number of halogens is 2. The number of rotatable bonds is 2. The van der Waals surface area contributed by atoms with Crippen molar-refractivity contribution in [3.8, 4) is 33.8 Å². The van der Waals surface area contributed by atoms with Crippen LogP contribution in [0.15, 0.2) is 83.0 Å². The summed E-state index contributed by atoms with van der Waals surface area (Å²) >= 11 is 0. The maximum absolute atomic E-state index is 14.3. The SMILES string of the molecule is CN1C(=O)[C@@]2(N=C1N)c1cc(-c3cccnc3F)ccc1OC1CCCO[C@H]12.CN1C(=O)[C@]2(N=C1N)c1cc(-c3cccnc3F)ccc1OC1CCCO[C@H]12. The third-order valence-corrected chi connectivity index (χ3v) is 11.4. The minimum absolute atomic E-state index is 0.128. The number of hydrogen-bond donors (Lipinski definition) is 2. The third kappa shape index (κ3) is 5.26. The summed E-state index contributed by atoms with van der Waals surface area (Å²) in [7, 11) is 3.18. The molecule has 4 N–H and O–H groups in total. The molecule has 6 aliphatic heterocycles. The Morgan fingerprint density at radius 1 is 0.679 bits per heavy atom. The van der Waals surface area contributed by atoms with E-state index in [-0.39, 0.29) is 35.9 Å². The van der Waals surface area contributed by atoms with Gasteiger partial charge in [-0.3, -0.25) is 19.4 Å². The van der Waals surface area contributed by atoms with Crippen LogP contribution in [0, 0.1) is 11.9 Å². The van der Waals surface area contributed by atoms with E-state index >= 15 is 0 Å². The molecule has 2 saturated heterocycles.